The van der Waals surface area contributed by atoms with Crippen LogP contribution in [0, 0.1) is 0 Å². The molecule has 0 fully saturated rings. The van der Waals surface area contributed by atoms with Crippen molar-refractivity contribution in [3.05, 3.63) is 41.0 Å². The first-order chi connectivity index (χ1) is 9.26. The maximum absolute atomic E-state index is 5.84. The van der Waals surface area contributed by atoms with Crippen molar-refractivity contribution in [1.82, 2.24) is 0 Å². The second-order valence-corrected chi connectivity index (χ2v) is 5.19. The van der Waals surface area contributed by atoms with Crippen LogP contribution in [-0.2, 0) is 24.2 Å². The van der Waals surface area contributed by atoms with Crippen LogP contribution in [-0.4, -0.2) is 13.2 Å². The lowest BCUT2D eigenvalue weighted by atomic mass is 9.88. The molecule has 1 heterocycles. The average molecular weight is 256 g/mol. The fourth-order valence-corrected chi connectivity index (χ4v) is 3.19. The summed E-state index contributed by atoms with van der Waals surface area (Å²) in [4.78, 5) is 0. The highest BCUT2D eigenvalue weighted by Gasteiger charge is 2.24. The van der Waals surface area contributed by atoms with E-state index < -0.39 is 0 Å². The summed E-state index contributed by atoms with van der Waals surface area (Å²) in [6.07, 6.45) is 2.24. The second kappa shape index (κ2) is 4.86. The molecule has 0 aromatic heterocycles. The van der Waals surface area contributed by atoms with Crippen LogP contribution in [0.25, 0.3) is 10.8 Å². The number of benzene rings is 2. The zero-order chi connectivity index (χ0) is 13.4. The van der Waals surface area contributed by atoms with Crippen molar-refractivity contribution in [3.63, 3.8) is 0 Å². The minimum atomic E-state index is 0.271. The molecule has 0 saturated carbocycles. The Bertz CT molecular complexity index is 616. The van der Waals surface area contributed by atoms with Crippen molar-refractivity contribution in [1.29, 1.82) is 0 Å². The van der Waals surface area contributed by atoms with E-state index in [-0.39, 0.29) is 6.10 Å². The van der Waals surface area contributed by atoms with Crippen molar-refractivity contribution in [2.45, 2.75) is 39.4 Å². The van der Waals surface area contributed by atoms with Crippen LogP contribution in [0.5, 0.6) is 5.75 Å². The Kier molecular flexibility index (Phi) is 3.19. The maximum Gasteiger partial charge on any atom is 0.130 e. The van der Waals surface area contributed by atoms with Crippen molar-refractivity contribution >= 4 is 10.8 Å². The van der Waals surface area contributed by atoms with Gasteiger partial charge < -0.3 is 9.47 Å². The largest absolute Gasteiger partial charge is 0.496 e. The second-order valence-electron chi connectivity index (χ2n) is 5.19. The van der Waals surface area contributed by atoms with Gasteiger partial charge in [0.15, 0.2) is 0 Å². The van der Waals surface area contributed by atoms with Gasteiger partial charge in [-0.2, -0.15) is 0 Å². The van der Waals surface area contributed by atoms with E-state index in [1.807, 2.05) is 0 Å². The first-order valence-electron chi connectivity index (χ1n) is 6.97. The normalized spacial score (nSPS) is 18.4. The van der Waals surface area contributed by atoms with Gasteiger partial charge in [-0.25, -0.2) is 0 Å². The summed E-state index contributed by atoms with van der Waals surface area (Å²) in [5, 5.41) is 2.54. The summed E-state index contributed by atoms with van der Waals surface area (Å²) in [6.45, 7) is 5.05. The van der Waals surface area contributed by atoms with E-state index in [1.54, 1.807) is 7.11 Å². The van der Waals surface area contributed by atoms with Gasteiger partial charge >= 0.3 is 0 Å². The van der Waals surface area contributed by atoms with Gasteiger partial charge in [0.1, 0.15) is 5.75 Å². The molecule has 100 valence electrons. The van der Waals surface area contributed by atoms with Crippen LogP contribution in [0.3, 0.4) is 0 Å². The van der Waals surface area contributed by atoms with E-state index in [0.29, 0.717) is 6.61 Å². The summed E-state index contributed by atoms with van der Waals surface area (Å²) in [5.74, 6) is 1.04. The van der Waals surface area contributed by atoms with Crippen LogP contribution >= 0.6 is 0 Å². The zero-order valence-electron chi connectivity index (χ0n) is 11.8. The van der Waals surface area contributed by atoms with E-state index in [0.717, 1.165) is 18.6 Å². The van der Waals surface area contributed by atoms with Crippen LogP contribution in [0.1, 0.15) is 30.5 Å². The minimum absolute atomic E-state index is 0.271. The average Bonchev–Trinajstić information content (AvgIpc) is 2.44. The molecule has 1 aliphatic rings. The molecule has 1 unspecified atom stereocenters. The lowest BCUT2D eigenvalue weighted by Gasteiger charge is -2.28. The third-order valence-corrected chi connectivity index (χ3v) is 4.06. The van der Waals surface area contributed by atoms with Crippen LogP contribution in [0.15, 0.2) is 24.3 Å². The number of fused-ring (bicyclic) bond motifs is 2. The van der Waals surface area contributed by atoms with Crippen molar-refractivity contribution in [2.75, 3.05) is 7.11 Å². The molecular weight excluding hydrogens is 236 g/mol. The Morgan fingerprint density at radius 1 is 1.21 bits per heavy atom. The van der Waals surface area contributed by atoms with Crippen molar-refractivity contribution in [2.24, 2.45) is 0 Å². The Labute approximate surface area is 114 Å². The zero-order valence-corrected chi connectivity index (χ0v) is 11.8. The van der Waals surface area contributed by atoms with Crippen LogP contribution < -0.4 is 4.74 Å². The fourth-order valence-electron chi connectivity index (χ4n) is 3.19. The third-order valence-electron chi connectivity index (χ3n) is 4.06. The number of rotatable bonds is 2. The van der Waals surface area contributed by atoms with Gasteiger partial charge in [0.05, 0.1) is 19.8 Å². The number of hydrogen-bond acceptors (Lipinski definition) is 2. The third kappa shape index (κ3) is 1.91. The molecule has 0 bridgehead atoms. The molecule has 2 aromatic rings. The predicted molar refractivity (Wildman–Crippen MR) is 77.8 cm³/mol. The SMILES string of the molecule is CCc1c2c(c(OC)c3ccccc13)CC(C)OC2. The first-order valence-corrected chi connectivity index (χ1v) is 6.97. The molecule has 19 heavy (non-hydrogen) atoms. The van der Waals surface area contributed by atoms with Gasteiger partial charge in [-0.05, 0) is 29.9 Å². The van der Waals surface area contributed by atoms with Gasteiger partial charge in [0, 0.05) is 17.4 Å². The van der Waals surface area contributed by atoms with Crippen molar-refractivity contribution in [3.8, 4) is 5.75 Å². The minimum Gasteiger partial charge on any atom is -0.496 e. The molecule has 0 radical (unpaired) electrons. The van der Waals surface area contributed by atoms with Gasteiger partial charge in [0.2, 0.25) is 0 Å². The highest BCUT2D eigenvalue weighted by atomic mass is 16.5. The number of hydrogen-bond donors (Lipinski definition) is 0. The Morgan fingerprint density at radius 3 is 2.63 bits per heavy atom. The molecule has 2 aromatic carbocycles. The van der Waals surface area contributed by atoms with E-state index in [4.69, 9.17) is 9.47 Å². The Morgan fingerprint density at radius 2 is 1.95 bits per heavy atom. The summed E-state index contributed by atoms with van der Waals surface area (Å²) in [6, 6.07) is 8.53. The van der Waals surface area contributed by atoms with E-state index in [2.05, 4.69) is 38.1 Å². The topological polar surface area (TPSA) is 18.5 Å². The Hall–Kier alpha value is -1.54. The summed E-state index contributed by atoms with van der Waals surface area (Å²) in [5.41, 5.74) is 4.10. The summed E-state index contributed by atoms with van der Waals surface area (Å²) < 4.78 is 11.6. The van der Waals surface area contributed by atoms with E-state index in [9.17, 15) is 0 Å². The highest BCUT2D eigenvalue weighted by Crippen LogP contribution is 2.39. The van der Waals surface area contributed by atoms with E-state index >= 15 is 0 Å². The summed E-state index contributed by atoms with van der Waals surface area (Å²) in [7, 11) is 1.77. The monoisotopic (exact) mass is 256 g/mol. The lowest BCUT2D eigenvalue weighted by Crippen LogP contribution is -2.21. The molecular formula is C17H20O2. The van der Waals surface area contributed by atoms with Gasteiger partial charge in [-0.3, -0.25) is 0 Å². The smallest absolute Gasteiger partial charge is 0.130 e. The molecule has 0 amide bonds. The first kappa shape index (κ1) is 12.5. The Balaban J connectivity index is 2.38. The highest BCUT2D eigenvalue weighted by molar-refractivity contribution is 5.93. The van der Waals surface area contributed by atoms with Gasteiger partial charge in [0.25, 0.3) is 0 Å². The predicted octanol–water partition coefficient (Wildman–Crippen LogP) is 3.87. The lowest BCUT2D eigenvalue weighted by molar-refractivity contribution is 0.0399. The van der Waals surface area contributed by atoms with E-state index in [1.165, 1.54) is 27.5 Å². The molecule has 1 atom stereocenters. The number of aryl methyl sites for hydroxylation is 1. The van der Waals surface area contributed by atoms with Gasteiger partial charge in [-0.1, -0.05) is 31.2 Å². The van der Waals surface area contributed by atoms with Crippen LogP contribution in [0.2, 0.25) is 0 Å². The molecule has 3 rings (SSSR count). The molecule has 2 heteroatoms. The molecule has 0 aliphatic carbocycles. The number of ether oxygens (including phenoxy) is 2. The molecule has 0 N–H and O–H groups in total. The standard InChI is InChI=1S/C17H20O2/c1-4-12-13-7-5-6-8-14(13)17(18-3)15-9-11(2)19-10-16(12)15/h5-8,11H,4,9-10H2,1-3H3. The maximum atomic E-state index is 5.84. The van der Waals surface area contributed by atoms with Gasteiger partial charge in [-0.15, -0.1) is 0 Å². The fraction of sp³-hybridized carbons (Fsp3) is 0.412. The molecule has 0 saturated heterocycles. The molecule has 2 nitrogen and oxygen atoms in total. The quantitative estimate of drug-likeness (QED) is 0.812. The molecule has 0 spiro atoms. The molecule has 1 aliphatic heterocycles. The van der Waals surface area contributed by atoms with Crippen LogP contribution in [0.4, 0.5) is 0 Å². The summed E-state index contributed by atoms with van der Waals surface area (Å²) >= 11 is 0. The van der Waals surface area contributed by atoms with Crippen molar-refractivity contribution < 1.29 is 9.47 Å². The number of methoxy groups -OCH3 is 1.